The molecule has 0 radical (unpaired) electrons. The summed E-state index contributed by atoms with van der Waals surface area (Å²) in [6, 6.07) is 7.96. The number of benzene rings is 1. The number of rotatable bonds is 6. The van der Waals surface area contributed by atoms with Crippen molar-refractivity contribution in [3.05, 3.63) is 46.6 Å². The standard InChI is InChI=1S/C18H20ClN3O2/c19-14-8-6-12(7-9-14)15-10-11-22(15)17(23)3-1-2-16-20-18(21-24-16)13-4-5-13/h6-9,13,15H,1-5,10-11H2/t15-/m1/s1. The molecule has 2 aromatic rings. The highest BCUT2D eigenvalue weighted by Gasteiger charge is 2.33. The summed E-state index contributed by atoms with van der Waals surface area (Å²) >= 11 is 5.93. The molecule has 5 nitrogen and oxygen atoms in total. The van der Waals surface area contributed by atoms with E-state index < -0.39 is 0 Å². The molecule has 2 fully saturated rings. The Kier molecular flexibility index (Phi) is 4.27. The number of nitrogens with zero attached hydrogens (tertiary/aromatic N) is 3. The number of halogens is 1. The maximum Gasteiger partial charge on any atom is 0.226 e. The molecule has 1 atom stereocenters. The minimum Gasteiger partial charge on any atom is -0.339 e. The minimum absolute atomic E-state index is 0.194. The Hall–Kier alpha value is -1.88. The van der Waals surface area contributed by atoms with E-state index in [0.29, 0.717) is 24.7 Å². The molecule has 4 rings (SSSR count). The summed E-state index contributed by atoms with van der Waals surface area (Å²) in [6.07, 6.45) is 5.28. The molecule has 6 heteroatoms. The number of amides is 1. The van der Waals surface area contributed by atoms with Crippen molar-refractivity contribution >= 4 is 17.5 Å². The average Bonchev–Trinajstić information content (AvgIpc) is 3.28. The molecule has 24 heavy (non-hydrogen) atoms. The van der Waals surface area contributed by atoms with Gasteiger partial charge in [0.25, 0.3) is 0 Å². The van der Waals surface area contributed by atoms with Crippen LogP contribution in [-0.4, -0.2) is 27.5 Å². The molecule has 0 bridgehead atoms. The molecule has 1 amide bonds. The second kappa shape index (κ2) is 6.55. The van der Waals surface area contributed by atoms with Crippen LogP contribution in [0.4, 0.5) is 0 Å². The van der Waals surface area contributed by atoms with Crippen LogP contribution in [0.2, 0.25) is 5.02 Å². The van der Waals surface area contributed by atoms with Crippen LogP contribution in [0.25, 0.3) is 0 Å². The van der Waals surface area contributed by atoms with E-state index in [2.05, 4.69) is 10.1 Å². The van der Waals surface area contributed by atoms with Crippen molar-refractivity contribution in [1.82, 2.24) is 15.0 Å². The first kappa shape index (κ1) is 15.6. The molecule has 1 aliphatic carbocycles. The zero-order valence-corrected chi connectivity index (χ0v) is 14.2. The number of carbonyl (C=O) groups is 1. The number of aromatic nitrogens is 2. The maximum absolute atomic E-state index is 12.4. The van der Waals surface area contributed by atoms with Crippen molar-refractivity contribution in [3.8, 4) is 0 Å². The maximum atomic E-state index is 12.4. The summed E-state index contributed by atoms with van der Waals surface area (Å²) in [5.74, 6) is 2.19. The Bertz CT molecular complexity index is 724. The summed E-state index contributed by atoms with van der Waals surface area (Å²) in [4.78, 5) is 18.8. The molecule has 1 saturated carbocycles. The third kappa shape index (κ3) is 3.31. The fourth-order valence-corrected chi connectivity index (χ4v) is 3.25. The predicted octanol–water partition coefficient (Wildman–Crippen LogP) is 3.90. The van der Waals surface area contributed by atoms with Crippen molar-refractivity contribution in [1.29, 1.82) is 0 Å². The van der Waals surface area contributed by atoms with Gasteiger partial charge in [-0.2, -0.15) is 4.98 Å². The highest BCUT2D eigenvalue weighted by molar-refractivity contribution is 6.30. The number of hydrogen-bond donors (Lipinski definition) is 0. The molecule has 0 N–H and O–H groups in total. The Balaban J connectivity index is 1.27. The van der Waals surface area contributed by atoms with Crippen LogP contribution >= 0.6 is 11.6 Å². The van der Waals surface area contributed by atoms with Crippen molar-refractivity contribution < 1.29 is 9.32 Å². The summed E-state index contributed by atoms with van der Waals surface area (Å²) in [7, 11) is 0. The van der Waals surface area contributed by atoms with E-state index >= 15 is 0 Å². The van der Waals surface area contributed by atoms with E-state index in [9.17, 15) is 4.79 Å². The lowest BCUT2D eigenvalue weighted by Crippen LogP contribution is -2.45. The van der Waals surface area contributed by atoms with Crippen LogP contribution in [0, 0.1) is 0 Å². The lowest BCUT2D eigenvalue weighted by Gasteiger charge is -2.41. The van der Waals surface area contributed by atoms with Crippen molar-refractivity contribution in [2.45, 2.75) is 50.5 Å². The highest BCUT2D eigenvalue weighted by atomic mass is 35.5. The molecule has 1 aromatic carbocycles. The van der Waals surface area contributed by atoms with Crippen molar-refractivity contribution in [2.75, 3.05) is 6.54 Å². The second-order valence-electron chi connectivity index (χ2n) is 6.62. The van der Waals surface area contributed by atoms with Gasteiger partial charge < -0.3 is 9.42 Å². The fourth-order valence-electron chi connectivity index (χ4n) is 3.13. The molecule has 1 aliphatic heterocycles. The highest BCUT2D eigenvalue weighted by Crippen LogP contribution is 2.38. The van der Waals surface area contributed by atoms with E-state index in [1.165, 1.54) is 12.8 Å². The number of aryl methyl sites for hydroxylation is 1. The molecular weight excluding hydrogens is 326 g/mol. The van der Waals surface area contributed by atoms with Crippen LogP contribution < -0.4 is 0 Å². The molecule has 0 spiro atoms. The third-order valence-corrected chi connectivity index (χ3v) is 5.05. The van der Waals surface area contributed by atoms with Gasteiger partial charge in [-0.1, -0.05) is 28.9 Å². The number of carbonyl (C=O) groups excluding carboxylic acids is 1. The first-order valence-corrected chi connectivity index (χ1v) is 8.96. The summed E-state index contributed by atoms with van der Waals surface area (Å²) in [5.41, 5.74) is 1.16. The van der Waals surface area contributed by atoms with Gasteiger partial charge in [0.2, 0.25) is 11.8 Å². The summed E-state index contributed by atoms with van der Waals surface area (Å²) < 4.78 is 5.25. The smallest absolute Gasteiger partial charge is 0.226 e. The van der Waals surface area contributed by atoms with E-state index in [1.54, 1.807) is 0 Å². The normalized spacial score (nSPS) is 20.0. The Morgan fingerprint density at radius 3 is 2.71 bits per heavy atom. The van der Waals surface area contributed by atoms with E-state index in [-0.39, 0.29) is 11.9 Å². The Morgan fingerprint density at radius 2 is 2.04 bits per heavy atom. The van der Waals surface area contributed by atoms with E-state index in [0.717, 1.165) is 35.8 Å². The van der Waals surface area contributed by atoms with Crippen molar-refractivity contribution in [2.24, 2.45) is 0 Å². The van der Waals surface area contributed by atoms with Crippen molar-refractivity contribution in [3.63, 3.8) is 0 Å². The van der Waals surface area contributed by atoms with Gasteiger partial charge in [-0.25, -0.2) is 0 Å². The van der Waals surface area contributed by atoms with Crippen LogP contribution in [0.1, 0.15) is 61.3 Å². The Labute approximate surface area is 146 Å². The summed E-state index contributed by atoms with van der Waals surface area (Å²) in [6.45, 7) is 0.832. The van der Waals surface area contributed by atoms with E-state index in [4.69, 9.17) is 16.1 Å². The summed E-state index contributed by atoms with van der Waals surface area (Å²) in [5, 5.41) is 4.73. The van der Waals surface area contributed by atoms with Gasteiger partial charge in [0.05, 0.1) is 6.04 Å². The molecule has 126 valence electrons. The van der Waals surface area contributed by atoms with Gasteiger partial charge in [-0.05, 0) is 43.4 Å². The predicted molar refractivity (Wildman–Crippen MR) is 89.7 cm³/mol. The topological polar surface area (TPSA) is 59.2 Å². The van der Waals surface area contributed by atoms with Gasteiger partial charge in [-0.3, -0.25) is 4.79 Å². The largest absolute Gasteiger partial charge is 0.339 e. The molecule has 0 unspecified atom stereocenters. The third-order valence-electron chi connectivity index (χ3n) is 4.80. The Morgan fingerprint density at radius 1 is 1.25 bits per heavy atom. The fraction of sp³-hybridized carbons (Fsp3) is 0.500. The monoisotopic (exact) mass is 345 g/mol. The first-order valence-electron chi connectivity index (χ1n) is 8.58. The zero-order chi connectivity index (χ0) is 16.5. The van der Waals surface area contributed by atoms with Gasteiger partial charge in [-0.15, -0.1) is 0 Å². The first-order chi connectivity index (χ1) is 11.7. The average molecular weight is 346 g/mol. The van der Waals surface area contributed by atoms with Gasteiger partial charge in [0.15, 0.2) is 5.82 Å². The van der Waals surface area contributed by atoms with Gasteiger partial charge in [0.1, 0.15) is 0 Å². The zero-order valence-electron chi connectivity index (χ0n) is 13.4. The van der Waals surface area contributed by atoms with Crippen LogP contribution in [0.5, 0.6) is 0 Å². The van der Waals surface area contributed by atoms with Crippen LogP contribution in [-0.2, 0) is 11.2 Å². The second-order valence-corrected chi connectivity index (χ2v) is 7.05. The molecule has 2 aliphatic rings. The van der Waals surface area contributed by atoms with Gasteiger partial charge >= 0.3 is 0 Å². The van der Waals surface area contributed by atoms with Gasteiger partial charge in [0, 0.05) is 30.3 Å². The molecule has 1 aromatic heterocycles. The minimum atomic E-state index is 0.194. The number of likely N-dealkylation sites (tertiary alicyclic amines) is 1. The molecule has 1 saturated heterocycles. The van der Waals surface area contributed by atoms with E-state index in [1.807, 2.05) is 29.2 Å². The number of hydrogen-bond acceptors (Lipinski definition) is 4. The van der Waals surface area contributed by atoms with Crippen LogP contribution in [0.3, 0.4) is 0 Å². The lowest BCUT2D eigenvalue weighted by molar-refractivity contribution is -0.139. The quantitative estimate of drug-likeness (QED) is 0.796. The molecular formula is C18H20ClN3O2. The lowest BCUT2D eigenvalue weighted by atomic mass is 9.94. The van der Waals surface area contributed by atoms with Crippen LogP contribution in [0.15, 0.2) is 28.8 Å². The molecule has 2 heterocycles. The SMILES string of the molecule is O=C(CCCc1nc(C2CC2)no1)N1CC[C@@H]1c1ccc(Cl)cc1.